The molecule has 0 radical (unpaired) electrons. The highest BCUT2D eigenvalue weighted by molar-refractivity contribution is 5.60. The van der Waals surface area contributed by atoms with E-state index in [-0.39, 0.29) is 5.82 Å². The van der Waals surface area contributed by atoms with Crippen molar-refractivity contribution < 1.29 is 4.74 Å². The van der Waals surface area contributed by atoms with Gasteiger partial charge in [0, 0.05) is 0 Å². The van der Waals surface area contributed by atoms with Gasteiger partial charge in [0.2, 0.25) is 0 Å². The number of hydrogen-bond acceptors (Lipinski definition) is 7. The van der Waals surface area contributed by atoms with E-state index in [4.69, 9.17) is 16.2 Å². The molecule has 7 heteroatoms. The fourth-order valence-electron chi connectivity index (χ4n) is 1.90. The maximum absolute atomic E-state index is 5.82. The molecule has 1 aromatic carbocycles. The van der Waals surface area contributed by atoms with Gasteiger partial charge in [0.25, 0.3) is 0 Å². The molecule has 1 aromatic heterocycles. The maximum Gasteiger partial charge on any atom is 0.153 e. The van der Waals surface area contributed by atoms with Gasteiger partial charge in [0.1, 0.15) is 29.7 Å². The van der Waals surface area contributed by atoms with E-state index >= 15 is 0 Å². The van der Waals surface area contributed by atoms with Gasteiger partial charge in [-0.15, -0.1) is 10.2 Å². The Kier molecular flexibility index (Phi) is 5.87. The first-order valence-electron chi connectivity index (χ1n) is 7.52. The summed E-state index contributed by atoms with van der Waals surface area (Å²) >= 11 is 0. The molecule has 0 aliphatic carbocycles. The van der Waals surface area contributed by atoms with Crippen LogP contribution in [0.3, 0.4) is 0 Å². The Labute approximate surface area is 136 Å². The molecule has 7 nitrogen and oxygen atoms in total. The van der Waals surface area contributed by atoms with E-state index in [1.54, 1.807) is 12.1 Å². The number of benzene rings is 1. The summed E-state index contributed by atoms with van der Waals surface area (Å²) in [6, 6.07) is 10.8. The number of ether oxygens (including phenoxy) is 1. The van der Waals surface area contributed by atoms with Gasteiger partial charge >= 0.3 is 0 Å². The smallest absolute Gasteiger partial charge is 0.153 e. The van der Waals surface area contributed by atoms with Crippen LogP contribution in [0.5, 0.6) is 5.75 Å². The van der Waals surface area contributed by atoms with E-state index in [1.807, 2.05) is 24.3 Å². The van der Waals surface area contributed by atoms with Crippen LogP contribution in [-0.4, -0.2) is 29.7 Å². The van der Waals surface area contributed by atoms with Gasteiger partial charge in [-0.05, 0) is 37.4 Å². The molecule has 1 heterocycles. The molecule has 0 atom stereocenters. The van der Waals surface area contributed by atoms with Crippen LogP contribution in [0.25, 0.3) is 0 Å². The zero-order valence-electron chi connectivity index (χ0n) is 13.4. The SMILES string of the molecule is CCN(CC)COc1ccccc1/N=N/c1ccc(N)nc1N. The average Bonchev–Trinajstić information content (AvgIpc) is 2.56. The molecular formula is C16H22N6O. The van der Waals surface area contributed by atoms with Gasteiger partial charge < -0.3 is 16.2 Å². The minimum absolute atomic E-state index is 0.246. The van der Waals surface area contributed by atoms with Crippen molar-refractivity contribution in [2.45, 2.75) is 13.8 Å². The number of pyridine rings is 1. The highest BCUT2D eigenvalue weighted by Gasteiger charge is 2.05. The quantitative estimate of drug-likeness (QED) is 0.602. The van der Waals surface area contributed by atoms with Gasteiger partial charge in [-0.3, -0.25) is 4.90 Å². The van der Waals surface area contributed by atoms with Gasteiger partial charge in [-0.25, -0.2) is 4.98 Å². The lowest BCUT2D eigenvalue weighted by atomic mass is 10.3. The van der Waals surface area contributed by atoms with Crippen LogP contribution in [0.2, 0.25) is 0 Å². The molecule has 23 heavy (non-hydrogen) atoms. The third-order valence-corrected chi connectivity index (χ3v) is 3.35. The molecule has 2 rings (SSSR count). The summed E-state index contributed by atoms with van der Waals surface area (Å²) in [6.45, 7) is 6.54. The molecule has 0 aliphatic heterocycles. The van der Waals surface area contributed by atoms with E-state index in [9.17, 15) is 0 Å². The van der Waals surface area contributed by atoms with Crippen LogP contribution in [0.4, 0.5) is 23.0 Å². The lowest BCUT2D eigenvalue weighted by Gasteiger charge is -2.18. The fourth-order valence-corrected chi connectivity index (χ4v) is 1.90. The van der Waals surface area contributed by atoms with Crippen molar-refractivity contribution in [3.05, 3.63) is 36.4 Å². The molecule has 0 bridgehead atoms. The lowest BCUT2D eigenvalue weighted by molar-refractivity contribution is 0.138. The number of hydrogen-bond donors (Lipinski definition) is 2. The number of aromatic nitrogens is 1. The summed E-state index contributed by atoms with van der Waals surface area (Å²) in [4.78, 5) is 6.12. The minimum atomic E-state index is 0.246. The fraction of sp³-hybridized carbons (Fsp3) is 0.312. The topological polar surface area (TPSA) is 102 Å². The average molecular weight is 314 g/mol. The Hall–Kier alpha value is -2.67. The van der Waals surface area contributed by atoms with Gasteiger partial charge in [0.05, 0.1) is 0 Å². The Bertz CT molecular complexity index is 669. The second kappa shape index (κ2) is 8.09. The highest BCUT2D eigenvalue weighted by Crippen LogP contribution is 2.30. The second-order valence-corrected chi connectivity index (χ2v) is 4.88. The summed E-state index contributed by atoms with van der Waals surface area (Å²) in [6.07, 6.45) is 0. The summed E-state index contributed by atoms with van der Waals surface area (Å²) in [5.41, 5.74) is 12.4. The summed E-state index contributed by atoms with van der Waals surface area (Å²) in [5.74, 6) is 1.27. The van der Waals surface area contributed by atoms with Crippen molar-refractivity contribution in [2.75, 3.05) is 31.3 Å². The summed E-state index contributed by atoms with van der Waals surface area (Å²) in [7, 11) is 0. The van der Waals surface area contributed by atoms with Crippen LogP contribution in [-0.2, 0) is 0 Å². The molecule has 0 aliphatic rings. The Morgan fingerprint density at radius 1 is 1.00 bits per heavy atom. The molecule has 0 saturated carbocycles. The molecule has 2 aromatic rings. The molecule has 0 amide bonds. The number of anilines is 2. The summed E-state index contributed by atoms with van der Waals surface area (Å²) in [5, 5.41) is 8.35. The van der Waals surface area contributed by atoms with E-state index in [0.29, 0.717) is 29.7 Å². The largest absolute Gasteiger partial charge is 0.476 e. The third kappa shape index (κ3) is 4.65. The van der Waals surface area contributed by atoms with Gasteiger partial charge in [-0.1, -0.05) is 26.0 Å². The van der Waals surface area contributed by atoms with Crippen LogP contribution in [0.1, 0.15) is 13.8 Å². The van der Waals surface area contributed by atoms with Crippen molar-refractivity contribution in [1.82, 2.24) is 9.88 Å². The minimum Gasteiger partial charge on any atom is -0.476 e. The predicted molar refractivity (Wildman–Crippen MR) is 92.1 cm³/mol. The van der Waals surface area contributed by atoms with Crippen molar-refractivity contribution >= 4 is 23.0 Å². The number of nitrogen functional groups attached to an aromatic ring is 2. The van der Waals surface area contributed by atoms with Crippen molar-refractivity contribution in [3.63, 3.8) is 0 Å². The number of nitrogens with zero attached hydrogens (tertiary/aromatic N) is 4. The normalized spacial score (nSPS) is 11.3. The van der Waals surface area contributed by atoms with Crippen LogP contribution < -0.4 is 16.2 Å². The maximum atomic E-state index is 5.82. The van der Waals surface area contributed by atoms with Gasteiger partial charge in [0.15, 0.2) is 5.82 Å². The monoisotopic (exact) mass is 314 g/mol. The molecular weight excluding hydrogens is 292 g/mol. The molecule has 0 saturated heterocycles. The molecule has 4 N–H and O–H groups in total. The molecule has 0 unspecified atom stereocenters. The molecule has 0 spiro atoms. The second-order valence-electron chi connectivity index (χ2n) is 4.88. The molecule has 0 fully saturated rings. The lowest BCUT2D eigenvalue weighted by Crippen LogP contribution is -2.27. The van der Waals surface area contributed by atoms with Crippen molar-refractivity contribution in [2.24, 2.45) is 10.2 Å². The van der Waals surface area contributed by atoms with Crippen LogP contribution in [0, 0.1) is 0 Å². The standard InChI is InChI=1S/C16H22N6O/c1-3-22(4-2)11-23-14-8-6-5-7-12(14)20-21-13-9-10-15(17)19-16(13)18/h5-10H,3-4,11H2,1-2H3,(H4,17,18,19)/b21-20+. The first-order valence-corrected chi connectivity index (χ1v) is 7.52. The highest BCUT2D eigenvalue weighted by atomic mass is 16.5. The van der Waals surface area contributed by atoms with E-state index in [0.717, 1.165) is 13.1 Å². The van der Waals surface area contributed by atoms with Crippen molar-refractivity contribution in [1.29, 1.82) is 0 Å². The Morgan fingerprint density at radius 2 is 1.70 bits per heavy atom. The van der Waals surface area contributed by atoms with Gasteiger partial charge in [-0.2, -0.15) is 0 Å². The van der Waals surface area contributed by atoms with E-state index in [1.165, 1.54) is 0 Å². The summed E-state index contributed by atoms with van der Waals surface area (Å²) < 4.78 is 5.82. The first-order chi connectivity index (χ1) is 11.1. The number of azo groups is 1. The predicted octanol–water partition coefficient (Wildman–Crippen LogP) is 3.34. The van der Waals surface area contributed by atoms with Crippen molar-refractivity contribution in [3.8, 4) is 5.75 Å². The van der Waals surface area contributed by atoms with E-state index in [2.05, 4.69) is 34.0 Å². The third-order valence-electron chi connectivity index (χ3n) is 3.35. The first kappa shape index (κ1) is 16.7. The number of rotatable bonds is 7. The number of nitrogens with two attached hydrogens (primary N) is 2. The van der Waals surface area contributed by atoms with Crippen LogP contribution >= 0.6 is 0 Å². The number of para-hydroxylation sites is 1. The Morgan fingerprint density at radius 3 is 2.39 bits per heavy atom. The zero-order valence-corrected chi connectivity index (χ0v) is 13.4. The Balaban J connectivity index is 2.15. The van der Waals surface area contributed by atoms with Crippen LogP contribution in [0.15, 0.2) is 46.6 Å². The van der Waals surface area contributed by atoms with E-state index < -0.39 is 0 Å². The molecule has 122 valence electrons. The zero-order chi connectivity index (χ0) is 16.7.